The molecule has 0 unspecified atom stereocenters. The van der Waals surface area contributed by atoms with Crippen molar-refractivity contribution < 1.29 is 9.15 Å². The van der Waals surface area contributed by atoms with Gasteiger partial charge in [-0.15, -0.1) is 11.3 Å². The van der Waals surface area contributed by atoms with Crippen LogP contribution in [0.3, 0.4) is 0 Å². The zero-order chi connectivity index (χ0) is 15.6. The van der Waals surface area contributed by atoms with E-state index in [-0.39, 0.29) is 0 Å². The van der Waals surface area contributed by atoms with E-state index in [0.29, 0.717) is 5.76 Å². The molecular formula is C18H14N2O2S. The van der Waals surface area contributed by atoms with Crippen LogP contribution in [0.5, 0.6) is 5.75 Å². The average molecular weight is 322 g/mol. The number of thiazole rings is 1. The molecule has 114 valence electrons. The fourth-order valence-electron chi connectivity index (χ4n) is 2.57. The molecule has 0 saturated heterocycles. The van der Waals surface area contributed by atoms with E-state index >= 15 is 0 Å². The third-order valence-corrected chi connectivity index (χ3v) is 4.69. The molecule has 2 heterocycles. The fraction of sp³-hybridized carbons (Fsp3) is 0.111. The summed E-state index contributed by atoms with van der Waals surface area (Å²) in [7, 11) is 1.66. The van der Waals surface area contributed by atoms with Gasteiger partial charge in [-0.05, 0) is 29.8 Å². The fourth-order valence-corrected chi connectivity index (χ4v) is 3.57. The highest BCUT2D eigenvalue weighted by molar-refractivity contribution is 7.18. The first-order valence-electron chi connectivity index (χ1n) is 7.24. The van der Waals surface area contributed by atoms with E-state index in [9.17, 15) is 0 Å². The van der Waals surface area contributed by atoms with E-state index in [1.165, 1.54) is 11.1 Å². The van der Waals surface area contributed by atoms with E-state index in [1.807, 2.05) is 30.3 Å². The molecule has 0 aliphatic rings. The van der Waals surface area contributed by atoms with Gasteiger partial charge in [-0.25, -0.2) is 9.97 Å². The second kappa shape index (κ2) is 5.85. The number of fused-ring (bicyclic) bond motifs is 1. The van der Waals surface area contributed by atoms with E-state index in [1.54, 1.807) is 24.6 Å². The van der Waals surface area contributed by atoms with Crippen molar-refractivity contribution in [3.8, 4) is 17.1 Å². The smallest absolute Gasteiger partial charge is 0.181 e. The van der Waals surface area contributed by atoms with Crippen LogP contribution in [0.4, 0.5) is 0 Å². The summed E-state index contributed by atoms with van der Waals surface area (Å²) in [5.41, 5.74) is 3.11. The number of hydrogen-bond acceptors (Lipinski definition) is 5. The topological polar surface area (TPSA) is 48.2 Å². The molecule has 23 heavy (non-hydrogen) atoms. The summed E-state index contributed by atoms with van der Waals surface area (Å²) in [6.45, 7) is 0. The summed E-state index contributed by atoms with van der Waals surface area (Å²) in [5, 5.41) is 1.10. The van der Waals surface area contributed by atoms with E-state index in [4.69, 9.17) is 9.15 Å². The van der Waals surface area contributed by atoms with Crippen LogP contribution in [-0.4, -0.2) is 17.1 Å². The molecule has 0 fully saturated rings. The molecule has 4 rings (SSSR count). The van der Waals surface area contributed by atoms with Gasteiger partial charge in [0.2, 0.25) is 0 Å². The lowest BCUT2D eigenvalue weighted by molar-refractivity contribution is 0.414. The Morgan fingerprint density at radius 1 is 1.17 bits per heavy atom. The van der Waals surface area contributed by atoms with Crippen molar-refractivity contribution in [2.24, 2.45) is 0 Å². The van der Waals surface area contributed by atoms with Crippen molar-refractivity contribution in [1.29, 1.82) is 0 Å². The Balaban J connectivity index is 1.66. The van der Waals surface area contributed by atoms with Gasteiger partial charge in [0.15, 0.2) is 12.2 Å². The summed E-state index contributed by atoms with van der Waals surface area (Å²) < 4.78 is 12.1. The predicted octanol–water partition coefficient (Wildman–Crippen LogP) is 4.55. The lowest BCUT2D eigenvalue weighted by Crippen LogP contribution is -1.92. The SMILES string of the molecule is COc1cc(Cc2nc3ccccc3s2)ccc1-c1cnco1. The minimum absolute atomic E-state index is 0.702. The molecule has 0 N–H and O–H groups in total. The number of para-hydroxylation sites is 1. The second-order valence-electron chi connectivity index (χ2n) is 5.15. The quantitative estimate of drug-likeness (QED) is 0.553. The molecule has 0 aliphatic heterocycles. The second-order valence-corrected chi connectivity index (χ2v) is 6.27. The highest BCUT2D eigenvalue weighted by Crippen LogP contribution is 2.32. The lowest BCUT2D eigenvalue weighted by atomic mass is 10.1. The first-order valence-corrected chi connectivity index (χ1v) is 8.05. The number of aromatic nitrogens is 2. The maximum absolute atomic E-state index is 5.50. The molecule has 0 radical (unpaired) electrons. The number of oxazole rings is 1. The first kappa shape index (κ1) is 14.0. The van der Waals surface area contributed by atoms with Gasteiger partial charge >= 0.3 is 0 Å². The van der Waals surface area contributed by atoms with Crippen LogP contribution in [0.15, 0.2) is 59.5 Å². The van der Waals surface area contributed by atoms with Crippen molar-refractivity contribution >= 4 is 21.6 Å². The van der Waals surface area contributed by atoms with Crippen molar-refractivity contribution in [3.05, 3.63) is 65.6 Å². The normalized spacial score (nSPS) is 11.0. The maximum Gasteiger partial charge on any atom is 0.181 e. The van der Waals surface area contributed by atoms with Crippen molar-refractivity contribution in [3.63, 3.8) is 0 Å². The zero-order valence-electron chi connectivity index (χ0n) is 12.5. The monoisotopic (exact) mass is 322 g/mol. The molecule has 4 aromatic rings. The zero-order valence-corrected chi connectivity index (χ0v) is 13.3. The molecule has 0 atom stereocenters. The lowest BCUT2D eigenvalue weighted by Gasteiger charge is -2.08. The first-order chi connectivity index (χ1) is 11.3. The van der Waals surface area contributed by atoms with Gasteiger partial charge in [-0.3, -0.25) is 0 Å². The van der Waals surface area contributed by atoms with E-state index in [0.717, 1.165) is 33.8 Å². The third-order valence-electron chi connectivity index (χ3n) is 3.66. The maximum atomic E-state index is 5.50. The van der Waals surface area contributed by atoms with Crippen LogP contribution >= 0.6 is 11.3 Å². The number of rotatable bonds is 4. The number of hydrogen-bond donors (Lipinski definition) is 0. The minimum atomic E-state index is 0.702. The highest BCUT2D eigenvalue weighted by atomic mass is 32.1. The molecular weight excluding hydrogens is 308 g/mol. The van der Waals surface area contributed by atoms with Crippen molar-refractivity contribution in [2.45, 2.75) is 6.42 Å². The van der Waals surface area contributed by atoms with Crippen molar-refractivity contribution in [1.82, 2.24) is 9.97 Å². The number of ether oxygens (including phenoxy) is 1. The van der Waals surface area contributed by atoms with Crippen LogP contribution in [0, 0.1) is 0 Å². The Bertz CT molecular complexity index is 912. The van der Waals surface area contributed by atoms with Gasteiger partial charge in [0.1, 0.15) is 5.75 Å². The Labute approximate surface area is 137 Å². The van der Waals surface area contributed by atoms with Gasteiger partial charge < -0.3 is 9.15 Å². The molecule has 2 aromatic carbocycles. The molecule has 5 heteroatoms. The number of methoxy groups -OCH3 is 1. The standard InChI is InChI=1S/C18H14N2O2S/c1-21-15-8-12(6-7-13(15)16-10-19-11-22-16)9-18-20-14-4-2-3-5-17(14)23-18/h2-8,10-11H,9H2,1H3. The summed E-state index contributed by atoms with van der Waals surface area (Å²) in [6.07, 6.45) is 3.89. The summed E-state index contributed by atoms with van der Waals surface area (Å²) in [6, 6.07) is 14.3. The largest absolute Gasteiger partial charge is 0.496 e. The van der Waals surface area contributed by atoms with Crippen LogP contribution in [-0.2, 0) is 6.42 Å². The van der Waals surface area contributed by atoms with Gasteiger partial charge in [0.05, 0.1) is 34.1 Å². The van der Waals surface area contributed by atoms with Crippen molar-refractivity contribution in [2.75, 3.05) is 7.11 Å². The van der Waals surface area contributed by atoms with Crippen LogP contribution in [0.25, 0.3) is 21.5 Å². The Hall–Kier alpha value is -2.66. The van der Waals surface area contributed by atoms with Gasteiger partial charge in [0.25, 0.3) is 0 Å². The highest BCUT2D eigenvalue weighted by Gasteiger charge is 2.11. The predicted molar refractivity (Wildman–Crippen MR) is 90.9 cm³/mol. The van der Waals surface area contributed by atoms with Crippen LogP contribution in [0.1, 0.15) is 10.6 Å². The Morgan fingerprint density at radius 3 is 2.87 bits per heavy atom. The Morgan fingerprint density at radius 2 is 2.09 bits per heavy atom. The number of nitrogens with zero attached hydrogens (tertiary/aromatic N) is 2. The molecule has 0 amide bonds. The molecule has 0 saturated carbocycles. The van der Waals surface area contributed by atoms with Gasteiger partial charge in [-0.1, -0.05) is 18.2 Å². The van der Waals surface area contributed by atoms with E-state index < -0.39 is 0 Å². The molecule has 0 bridgehead atoms. The minimum Gasteiger partial charge on any atom is -0.496 e. The summed E-state index contributed by atoms with van der Waals surface area (Å²) in [5.74, 6) is 1.48. The van der Waals surface area contributed by atoms with Crippen LogP contribution in [0.2, 0.25) is 0 Å². The molecule has 0 spiro atoms. The van der Waals surface area contributed by atoms with Gasteiger partial charge in [-0.2, -0.15) is 0 Å². The van der Waals surface area contributed by atoms with Crippen LogP contribution < -0.4 is 4.74 Å². The summed E-state index contributed by atoms with van der Waals surface area (Å²) >= 11 is 1.73. The summed E-state index contributed by atoms with van der Waals surface area (Å²) in [4.78, 5) is 8.64. The third kappa shape index (κ3) is 2.71. The average Bonchev–Trinajstić information content (AvgIpc) is 3.23. The van der Waals surface area contributed by atoms with Gasteiger partial charge in [0, 0.05) is 6.42 Å². The Kier molecular flexibility index (Phi) is 3.55. The molecule has 4 nitrogen and oxygen atoms in total. The number of benzene rings is 2. The molecule has 0 aliphatic carbocycles. The van der Waals surface area contributed by atoms with E-state index in [2.05, 4.69) is 22.1 Å². The molecule has 2 aromatic heterocycles.